The van der Waals surface area contributed by atoms with E-state index in [-0.39, 0.29) is 31.5 Å². The third kappa shape index (κ3) is 6.92. The van der Waals surface area contributed by atoms with Gasteiger partial charge in [-0.1, -0.05) is 47.5 Å². The first-order chi connectivity index (χ1) is 12.0. The van der Waals surface area contributed by atoms with Gasteiger partial charge in [-0.25, -0.2) is 0 Å². The van der Waals surface area contributed by atoms with E-state index >= 15 is 0 Å². The second-order valence-corrected chi connectivity index (χ2v) is 6.30. The minimum Gasteiger partial charge on any atom is -0.489 e. The van der Waals surface area contributed by atoms with Gasteiger partial charge in [-0.3, -0.25) is 4.79 Å². The molecule has 0 radical (unpaired) electrons. The second kappa shape index (κ2) is 11.1. The molecule has 0 aliphatic rings. The van der Waals surface area contributed by atoms with Gasteiger partial charge in [-0.2, -0.15) is 0 Å². The van der Waals surface area contributed by atoms with Gasteiger partial charge >= 0.3 is 0 Å². The molecule has 1 atom stereocenters. The number of benzene rings is 2. The van der Waals surface area contributed by atoms with Gasteiger partial charge in [0.25, 0.3) is 0 Å². The Bertz CT molecular complexity index is 729. The molecule has 0 aliphatic carbocycles. The fourth-order valence-corrected chi connectivity index (χ4v) is 2.52. The summed E-state index contributed by atoms with van der Waals surface area (Å²) in [6.07, 6.45) is -0.0219. The molecule has 0 bridgehead atoms. The molecule has 0 fully saturated rings. The first kappa shape index (κ1) is 22.4. The number of aliphatic hydroxyl groups is 1. The van der Waals surface area contributed by atoms with E-state index in [2.05, 4.69) is 5.32 Å². The van der Waals surface area contributed by atoms with Crippen LogP contribution in [-0.4, -0.2) is 30.3 Å². The highest BCUT2D eigenvalue weighted by molar-refractivity contribution is 6.42. The molecule has 1 amide bonds. The summed E-state index contributed by atoms with van der Waals surface area (Å²) in [5.74, 6) is 0.224. The maximum Gasteiger partial charge on any atom is 0.220 e. The van der Waals surface area contributed by atoms with Crippen molar-refractivity contribution in [3.05, 3.63) is 58.1 Å². The van der Waals surface area contributed by atoms with Crippen LogP contribution < -0.4 is 15.8 Å². The molecule has 142 valence electrons. The number of rotatable bonds is 8. The molecule has 1 unspecified atom stereocenters. The predicted molar refractivity (Wildman–Crippen MR) is 107 cm³/mol. The number of aryl methyl sites for hydroxylation is 1. The number of halogens is 3. The van der Waals surface area contributed by atoms with Crippen molar-refractivity contribution in [2.45, 2.75) is 18.9 Å². The van der Waals surface area contributed by atoms with Crippen LogP contribution in [0, 0.1) is 0 Å². The summed E-state index contributed by atoms with van der Waals surface area (Å²) in [7, 11) is 0. The molecule has 2 rings (SSSR count). The lowest BCUT2D eigenvalue weighted by Gasteiger charge is -2.14. The number of anilines is 1. The number of nitrogen functional groups attached to an aromatic ring is 1. The van der Waals surface area contributed by atoms with Gasteiger partial charge < -0.3 is 20.9 Å². The minimum atomic E-state index is -0.860. The molecule has 8 heteroatoms. The Kier molecular flexibility index (Phi) is 9.59. The van der Waals surface area contributed by atoms with Crippen LogP contribution in [0.15, 0.2) is 42.5 Å². The Morgan fingerprint density at radius 3 is 2.65 bits per heavy atom. The van der Waals surface area contributed by atoms with Crippen molar-refractivity contribution in [1.29, 1.82) is 0 Å². The molecule has 0 aliphatic heterocycles. The van der Waals surface area contributed by atoms with E-state index in [9.17, 15) is 9.90 Å². The van der Waals surface area contributed by atoms with Crippen molar-refractivity contribution in [1.82, 2.24) is 5.32 Å². The van der Waals surface area contributed by atoms with E-state index < -0.39 is 6.10 Å². The van der Waals surface area contributed by atoms with Gasteiger partial charge in [0.1, 0.15) is 23.5 Å². The number of hydrogen-bond donors (Lipinski definition) is 3. The number of amides is 1. The number of carbonyl (C=O) groups excluding carboxylic acids is 1. The van der Waals surface area contributed by atoms with Crippen LogP contribution in [0.5, 0.6) is 5.75 Å². The Hall–Kier alpha value is -1.66. The second-order valence-electron chi connectivity index (χ2n) is 5.52. The number of ether oxygens (including phenoxy) is 1. The summed E-state index contributed by atoms with van der Waals surface area (Å²) in [6.45, 7) is 0.0767. The summed E-state index contributed by atoms with van der Waals surface area (Å²) in [4.78, 5) is 11.9. The fraction of sp³-hybridized carbons (Fsp3) is 0.278. The summed E-state index contributed by atoms with van der Waals surface area (Å²) < 4.78 is 5.42. The van der Waals surface area contributed by atoms with E-state index in [1.165, 1.54) is 0 Å². The maximum atomic E-state index is 11.9. The van der Waals surface area contributed by atoms with Gasteiger partial charge in [-0.15, -0.1) is 12.4 Å². The molecule has 0 heterocycles. The lowest BCUT2D eigenvalue weighted by atomic mass is 10.1. The SMILES string of the molecule is Cl.Nc1ccccc1CCC(=O)NCC(O)COc1cccc(Cl)c1Cl. The lowest BCUT2D eigenvalue weighted by Crippen LogP contribution is -2.35. The predicted octanol–water partition coefficient (Wildman–Crippen LogP) is 3.49. The summed E-state index contributed by atoms with van der Waals surface area (Å²) in [5.41, 5.74) is 7.43. The van der Waals surface area contributed by atoms with Crippen LogP contribution in [-0.2, 0) is 11.2 Å². The van der Waals surface area contributed by atoms with Crippen molar-refractivity contribution in [3.63, 3.8) is 0 Å². The normalized spacial score (nSPS) is 11.3. The third-order valence-electron chi connectivity index (χ3n) is 3.56. The van der Waals surface area contributed by atoms with E-state index in [1.807, 2.05) is 18.2 Å². The van der Waals surface area contributed by atoms with Crippen molar-refractivity contribution in [2.75, 3.05) is 18.9 Å². The topological polar surface area (TPSA) is 84.6 Å². The molecular formula is C18H21Cl3N2O3. The molecule has 2 aromatic carbocycles. The van der Waals surface area contributed by atoms with Gasteiger partial charge in [0.15, 0.2) is 0 Å². The first-order valence-corrected chi connectivity index (χ1v) is 8.58. The zero-order chi connectivity index (χ0) is 18.2. The van der Waals surface area contributed by atoms with Crippen LogP contribution in [0.1, 0.15) is 12.0 Å². The Labute approximate surface area is 168 Å². The van der Waals surface area contributed by atoms with Crippen LogP contribution in [0.3, 0.4) is 0 Å². The molecule has 2 aromatic rings. The monoisotopic (exact) mass is 418 g/mol. The highest BCUT2D eigenvalue weighted by Gasteiger charge is 2.11. The van der Waals surface area contributed by atoms with Crippen molar-refractivity contribution >= 4 is 47.2 Å². The summed E-state index contributed by atoms with van der Waals surface area (Å²) in [5, 5.41) is 13.2. The molecule has 0 saturated carbocycles. The highest BCUT2D eigenvalue weighted by Crippen LogP contribution is 2.31. The van der Waals surface area contributed by atoms with Crippen molar-refractivity contribution < 1.29 is 14.6 Å². The van der Waals surface area contributed by atoms with Crippen molar-refractivity contribution in [3.8, 4) is 5.75 Å². The lowest BCUT2D eigenvalue weighted by molar-refractivity contribution is -0.121. The first-order valence-electron chi connectivity index (χ1n) is 7.82. The molecule has 4 N–H and O–H groups in total. The average molecular weight is 420 g/mol. The maximum absolute atomic E-state index is 11.9. The quantitative estimate of drug-likeness (QED) is 0.572. The average Bonchev–Trinajstić information content (AvgIpc) is 2.60. The Morgan fingerprint density at radius 1 is 1.19 bits per heavy atom. The number of para-hydroxylation sites is 1. The standard InChI is InChI=1S/C18H20Cl2N2O3.ClH/c19-14-5-3-7-16(18(14)20)25-11-13(23)10-22-17(24)9-8-12-4-1-2-6-15(12)21;/h1-7,13,23H,8-11,21H2,(H,22,24);1H. The summed E-state index contributed by atoms with van der Waals surface area (Å²) >= 11 is 11.9. The van der Waals surface area contributed by atoms with Crippen LogP contribution >= 0.6 is 35.6 Å². The van der Waals surface area contributed by atoms with Crippen LogP contribution in [0.2, 0.25) is 10.0 Å². The van der Waals surface area contributed by atoms with Crippen LogP contribution in [0.25, 0.3) is 0 Å². The van der Waals surface area contributed by atoms with Gasteiger partial charge in [0.2, 0.25) is 5.91 Å². The molecule has 0 saturated heterocycles. The molecule has 0 spiro atoms. The van der Waals surface area contributed by atoms with Gasteiger partial charge in [-0.05, 0) is 30.2 Å². The minimum absolute atomic E-state index is 0. The molecule has 5 nitrogen and oxygen atoms in total. The van der Waals surface area contributed by atoms with Crippen molar-refractivity contribution in [2.24, 2.45) is 0 Å². The zero-order valence-electron chi connectivity index (χ0n) is 14.0. The number of carbonyl (C=O) groups is 1. The number of hydrogen-bond acceptors (Lipinski definition) is 4. The fourth-order valence-electron chi connectivity index (χ4n) is 2.17. The Morgan fingerprint density at radius 2 is 1.92 bits per heavy atom. The number of nitrogens with one attached hydrogen (secondary N) is 1. The van der Waals surface area contributed by atoms with Gasteiger partial charge in [0.05, 0.1) is 5.02 Å². The van der Waals surface area contributed by atoms with E-state index in [4.69, 9.17) is 33.7 Å². The third-order valence-corrected chi connectivity index (χ3v) is 4.36. The van der Waals surface area contributed by atoms with E-state index in [0.29, 0.717) is 34.3 Å². The molecular weight excluding hydrogens is 399 g/mol. The highest BCUT2D eigenvalue weighted by atomic mass is 35.5. The summed E-state index contributed by atoms with van der Waals surface area (Å²) in [6, 6.07) is 12.4. The molecule has 0 aromatic heterocycles. The largest absolute Gasteiger partial charge is 0.489 e. The van der Waals surface area contributed by atoms with E-state index in [0.717, 1.165) is 5.56 Å². The number of aliphatic hydroxyl groups excluding tert-OH is 1. The smallest absolute Gasteiger partial charge is 0.220 e. The zero-order valence-corrected chi connectivity index (χ0v) is 16.3. The van der Waals surface area contributed by atoms with Gasteiger partial charge in [0, 0.05) is 18.7 Å². The molecule has 26 heavy (non-hydrogen) atoms. The Balaban J connectivity index is 0.00000338. The number of nitrogens with two attached hydrogens (primary N) is 1. The van der Waals surface area contributed by atoms with E-state index in [1.54, 1.807) is 24.3 Å². The van der Waals surface area contributed by atoms with Crippen LogP contribution in [0.4, 0.5) is 5.69 Å².